The highest BCUT2D eigenvalue weighted by Crippen LogP contribution is 2.29. The Morgan fingerprint density at radius 1 is 1.35 bits per heavy atom. The molecule has 0 saturated carbocycles. The van der Waals surface area contributed by atoms with Crippen molar-refractivity contribution in [1.29, 1.82) is 0 Å². The van der Waals surface area contributed by atoms with Gasteiger partial charge in [-0.1, -0.05) is 12.1 Å². The van der Waals surface area contributed by atoms with Crippen LogP contribution in [-0.4, -0.2) is 12.1 Å². The van der Waals surface area contributed by atoms with E-state index in [1.54, 1.807) is 18.3 Å². The van der Waals surface area contributed by atoms with Gasteiger partial charge in [0.05, 0.1) is 7.11 Å². The minimum Gasteiger partial charge on any atom is -0.481 e. The highest BCUT2D eigenvalue weighted by atomic mass is 35.5. The summed E-state index contributed by atoms with van der Waals surface area (Å²) in [6.45, 7) is 0. The van der Waals surface area contributed by atoms with Crippen molar-refractivity contribution >= 4 is 11.6 Å². The summed E-state index contributed by atoms with van der Waals surface area (Å²) >= 11 is 5.76. The number of benzene rings is 1. The highest BCUT2D eigenvalue weighted by Gasteiger charge is 2.09. The first kappa shape index (κ1) is 11.9. The standard InChI is InChI=1S/C13H11ClFNO/c1-17-13-12(5-9(7-14)8-16-13)10-3-2-4-11(15)6-10/h2-6,8H,7H2,1H3. The Morgan fingerprint density at radius 3 is 2.82 bits per heavy atom. The van der Waals surface area contributed by atoms with Gasteiger partial charge in [-0.15, -0.1) is 11.6 Å². The SMILES string of the molecule is COc1ncc(CCl)cc1-c1cccc(F)c1. The van der Waals surface area contributed by atoms with E-state index in [0.717, 1.165) is 16.7 Å². The van der Waals surface area contributed by atoms with Gasteiger partial charge in [0.2, 0.25) is 5.88 Å². The van der Waals surface area contributed by atoms with Gasteiger partial charge in [0.1, 0.15) is 5.82 Å². The van der Waals surface area contributed by atoms with E-state index in [4.69, 9.17) is 16.3 Å². The summed E-state index contributed by atoms with van der Waals surface area (Å²) in [7, 11) is 1.53. The van der Waals surface area contributed by atoms with Crippen molar-refractivity contribution in [3.63, 3.8) is 0 Å². The molecular weight excluding hydrogens is 241 g/mol. The largest absolute Gasteiger partial charge is 0.481 e. The Bertz CT molecular complexity index is 531. The fourth-order valence-electron chi connectivity index (χ4n) is 1.59. The zero-order chi connectivity index (χ0) is 12.3. The fourth-order valence-corrected chi connectivity index (χ4v) is 1.74. The van der Waals surface area contributed by atoms with Crippen LogP contribution in [-0.2, 0) is 5.88 Å². The number of pyridine rings is 1. The van der Waals surface area contributed by atoms with Gasteiger partial charge >= 0.3 is 0 Å². The van der Waals surface area contributed by atoms with Crippen LogP contribution in [0.25, 0.3) is 11.1 Å². The highest BCUT2D eigenvalue weighted by molar-refractivity contribution is 6.17. The van der Waals surface area contributed by atoms with E-state index in [9.17, 15) is 4.39 Å². The average Bonchev–Trinajstić information content (AvgIpc) is 2.38. The van der Waals surface area contributed by atoms with Crippen LogP contribution in [0.1, 0.15) is 5.56 Å². The molecule has 0 amide bonds. The van der Waals surface area contributed by atoms with Crippen molar-refractivity contribution in [3.05, 3.63) is 47.9 Å². The second-order valence-electron chi connectivity index (χ2n) is 3.54. The normalized spacial score (nSPS) is 10.3. The Morgan fingerprint density at radius 2 is 2.18 bits per heavy atom. The van der Waals surface area contributed by atoms with Crippen LogP contribution in [0.5, 0.6) is 5.88 Å². The van der Waals surface area contributed by atoms with Gasteiger partial charge in [-0.3, -0.25) is 0 Å². The van der Waals surface area contributed by atoms with E-state index in [1.807, 2.05) is 6.07 Å². The first-order valence-corrected chi connectivity index (χ1v) is 5.63. The summed E-state index contributed by atoms with van der Waals surface area (Å²) in [6.07, 6.45) is 1.65. The number of alkyl halides is 1. The Labute approximate surface area is 104 Å². The predicted octanol–water partition coefficient (Wildman–Crippen LogP) is 3.64. The van der Waals surface area contributed by atoms with Crippen LogP contribution in [0.4, 0.5) is 4.39 Å². The number of nitrogens with zero attached hydrogens (tertiary/aromatic N) is 1. The maximum atomic E-state index is 13.2. The number of methoxy groups -OCH3 is 1. The number of aromatic nitrogens is 1. The van der Waals surface area contributed by atoms with Crippen LogP contribution in [0.3, 0.4) is 0 Å². The lowest BCUT2D eigenvalue weighted by Gasteiger charge is -2.08. The predicted molar refractivity (Wildman–Crippen MR) is 65.7 cm³/mol. The zero-order valence-electron chi connectivity index (χ0n) is 9.28. The monoisotopic (exact) mass is 251 g/mol. The first-order valence-electron chi connectivity index (χ1n) is 5.09. The van der Waals surface area contributed by atoms with Crippen molar-refractivity contribution in [3.8, 4) is 17.0 Å². The van der Waals surface area contributed by atoms with E-state index < -0.39 is 0 Å². The third-order valence-corrected chi connectivity index (χ3v) is 2.70. The second-order valence-corrected chi connectivity index (χ2v) is 3.81. The van der Waals surface area contributed by atoms with Crippen LogP contribution in [0.15, 0.2) is 36.5 Å². The number of halogens is 2. The van der Waals surface area contributed by atoms with Gasteiger partial charge in [-0.2, -0.15) is 0 Å². The third-order valence-electron chi connectivity index (χ3n) is 2.39. The molecule has 0 saturated heterocycles. The Hall–Kier alpha value is -1.61. The van der Waals surface area contributed by atoms with Crippen molar-refractivity contribution in [2.24, 2.45) is 0 Å². The molecule has 0 radical (unpaired) electrons. The lowest BCUT2D eigenvalue weighted by Crippen LogP contribution is -1.93. The van der Waals surface area contributed by atoms with Crippen molar-refractivity contribution in [2.75, 3.05) is 7.11 Å². The summed E-state index contributed by atoms with van der Waals surface area (Å²) in [6, 6.07) is 8.15. The molecule has 2 nitrogen and oxygen atoms in total. The lowest BCUT2D eigenvalue weighted by molar-refractivity contribution is 0.399. The molecule has 1 heterocycles. The molecule has 0 aliphatic heterocycles. The molecular formula is C13H11ClFNO. The van der Waals surface area contributed by atoms with Gasteiger partial charge in [0, 0.05) is 17.6 Å². The molecule has 0 N–H and O–H groups in total. The molecule has 0 fully saturated rings. The lowest BCUT2D eigenvalue weighted by atomic mass is 10.1. The number of rotatable bonds is 3. The van der Waals surface area contributed by atoms with Crippen LogP contribution in [0, 0.1) is 5.82 Å². The molecule has 0 atom stereocenters. The van der Waals surface area contributed by atoms with E-state index in [2.05, 4.69) is 4.98 Å². The van der Waals surface area contributed by atoms with Crippen molar-refractivity contribution < 1.29 is 9.13 Å². The number of ether oxygens (including phenoxy) is 1. The molecule has 0 bridgehead atoms. The van der Waals surface area contributed by atoms with Crippen LogP contribution < -0.4 is 4.74 Å². The Balaban J connectivity index is 2.56. The topological polar surface area (TPSA) is 22.1 Å². The molecule has 2 aromatic rings. The molecule has 1 aromatic carbocycles. The molecule has 0 aliphatic rings. The van der Waals surface area contributed by atoms with Gasteiger partial charge in [0.15, 0.2) is 0 Å². The van der Waals surface area contributed by atoms with Crippen molar-refractivity contribution in [2.45, 2.75) is 5.88 Å². The summed E-state index contributed by atoms with van der Waals surface area (Å²) in [4.78, 5) is 4.14. The van der Waals surface area contributed by atoms with E-state index >= 15 is 0 Å². The summed E-state index contributed by atoms with van der Waals surface area (Å²) in [5.74, 6) is 0.532. The summed E-state index contributed by atoms with van der Waals surface area (Å²) in [5, 5.41) is 0. The van der Waals surface area contributed by atoms with E-state index in [1.165, 1.54) is 19.2 Å². The fraction of sp³-hybridized carbons (Fsp3) is 0.154. The summed E-state index contributed by atoms with van der Waals surface area (Å²) < 4.78 is 18.3. The Kier molecular flexibility index (Phi) is 3.59. The molecule has 0 spiro atoms. The molecule has 17 heavy (non-hydrogen) atoms. The molecule has 1 aromatic heterocycles. The van der Waals surface area contributed by atoms with Gasteiger partial charge in [-0.25, -0.2) is 9.37 Å². The maximum absolute atomic E-state index is 13.2. The molecule has 0 aliphatic carbocycles. The second kappa shape index (κ2) is 5.15. The van der Waals surface area contributed by atoms with E-state index in [0.29, 0.717) is 11.8 Å². The number of hydrogen-bond donors (Lipinski definition) is 0. The van der Waals surface area contributed by atoms with E-state index in [-0.39, 0.29) is 5.82 Å². The molecule has 4 heteroatoms. The molecule has 88 valence electrons. The minimum absolute atomic E-state index is 0.291. The van der Waals surface area contributed by atoms with Gasteiger partial charge < -0.3 is 4.74 Å². The number of hydrogen-bond acceptors (Lipinski definition) is 2. The molecule has 2 rings (SSSR count). The maximum Gasteiger partial charge on any atom is 0.221 e. The smallest absolute Gasteiger partial charge is 0.221 e. The van der Waals surface area contributed by atoms with Gasteiger partial charge in [-0.05, 0) is 29.3 Å². The van der Waals surface area contributed by atoms with Crippen LogP contribution in [0.2, 0.25) is 0 Å². The quantitative estimate of drug-likeness (QED) is 0.777. The summed E-state index contributed by atoms with van der Waals surface area (Å²) in [5.41, 5.74) is 2.33. The zero-order valence-corrected chi connectivity index (χ0v) is 10.0. The average molecular weight is 252 g/mol. The van der Waals surface area contributed by atoms with Gasteiger partial charge in [0.25, 0.3) is 0 Å². The first-order chi connectivity index (χ1) is 8.24. The molecule has 0 unspecified atom stereocenters. The van der Waals surface area contributed by atoms with Crippen LogP contribution >= 0.6 is 11.6 Å². The minimum atomic E-state index is -0.291. The third kappa shape index (κ3) is 2.56. The van der Waals surface area contributed by atoms with Crippen molar-refractivity contribution in [1.82, 2.24) is 4.98 Å².